The first-order chi connectivity index (χ1) is 8.69. The SMILES string of the molecule is Nc1ccc(Cl)cc1COc1ccc(CO)cc1. The van der Waals surface area contributed by atoms with Crippen molar-refractivity contribution < 1.29 is 9.84 Å². The Hall–Kier alpha value is -1.71. The summed E-state index contributed by atoms with van der Waals surface area (Å²) in [6.07, 6.45) is 0. The van der Waals surface area contributed by atoms with E-state index in [1.165, 1.54) is 0 Å². The molecule has 3 N–H and O–H groups in total. The predicted molar refractivity (Wildman–Crippen MR) is 72.6 cm³/mol. The van der Waals surface area contributed by atoms with E-state index < -0.39 is 0 Å². The lowest BCUT2D eigenvalue weighted by Gasteiger charge is -2.09. The van der Waals surface area contributed by atoms with Crippen molar-refractivity contribution in [1.29, 1.82) is 0 Å². The summed E-state index contributed by atoms with van der Waals surface area (Å²) in [5.41, 5.74) is 8.19. The minimum atomic E-state index is 0.0293. The number of hydrogen-bond acceptors (Lipinski definition) is 3. The van der Waals surface area contributed by atoms with Crippen LogP contribution in [0.25, 0.3) is 0 Å². The van der Waals surface area contributed by atoms with Gasteiger partial charge in [0.1, 0.15) is 12.4 Å². The maximum atomic E-state index is 8.93. The van der Waals surface area contributed by atoms with Gasteiger partial charge in [-0.3, -0.25) is 0 Å². The van der Waals surface area contributed by atoms with Gasteiger partial charge in [-0.25, -0.2) is 0 Å². The molecule has 0 unspecified atom stereocenters. The first-order valence-corrected chi connectivity index (χ1v) is 5.93. The lowest BCUT2D eigenvalue weighted by Crippen LogP contribution is -2.00. The molecule has 18 heavy (non-hydrogen) atoms. The van der Waals surface area contributed by atoms with E-state index in [1.54, 1.807) is 18.2 Å². The maximum Gasteiger partial charge on any atom is 0.119 e. The highest BCUT2D eigenvalue weighted by Gasteiger charge is 2.02. The van der Waals surface area contributed by atoms with Crippen LogP contribution in [0, 0.1) is 0 Å². The van der Waals surface area contributed by atoms with Crippen molar-refractivity contribution in [2.45, 2.75) is 13.2 Å². The summed E-state index contributed by atoms with van der Waals surface area (Å²) in [6.45, 7) is 0.395. The molecule has 0 atom stereocenters. The number of aliphatic hydroxyl groups is 1. The molecule has 0 aliphatic heterocycles. The van der Waals surface area contributed by atoms with Crippen molar-refractivity contribution in [1.82, 2.24) is 0 Å². The zero-order valence-electron chi connectivity index (χ0n) is 9.77. The monoisotopic (exact) mass is 263 g/mol. The van der Waals surface area contributed by atoms with E-state index in [4.69, 9.17) is 27.2 Å². The molecule has 0 fully saturated rings. The smallest absolute Gasteiger partial charge is 0.119 e. The van der Waals surface area contributed by atoms with Crippen LogP contribution in [0.4, 0.5) is 5.69 Å². The predicted octanol–water partition coefficient (Wildman–Crippen LogP) is 2.99. The van der Waals surface area contributed by atoms with E-state index in [0.717, 1.165) is 16.9 Å². The third-order valence-corrected chi connectivity index (χ3v) is 2.84. The van der Waals surface area contributed by atoms with Crippen molar-refractivity contribution in [3.05, 3.63) is 58.6 Å². The topological polar surface area (TPSA) is 55.5 Å². The van der Waals surface area contributed by atoms with Crippen LogP contribution in [0.1, 0.15) is 11.1 Å². The molecule has 0 saturated heterocycles. The molecule has 2 aromatic carbocycles. The van der Waals surface area contributed by atoms with Gasteiger partial charge in [0, 0.05) is 16.3 Å². The Labute approximate surface area is 111 Å². The Morgan fingerprint density at radius 2 is 1.83 bits per heavy atom. The van der Waals surface area contributed by atoms with Crippen molar-refractivity contribution >= 4 is 17.3 Å². The molecule has 0 aliphatic carbocycles. The summed E-state index contributed by atoms with van der Waals surface area (Å²) in [4.78, 5) is 0. The first kappa shape index (κ1) is 12.7. The second-order valence-electron chi connectivity index (χ2n) is 3.93. The number of hydrogen-bond donors (Lipinski definition) is 2. The van der Waals surface area contributed by atoms with E-state index in [1.807, 2.05) is 24.3 Å². The Balaban J connectivity index is 2.04. The second kappa shape index (κ2) is 5.76. The van der Waals surface area contributed by atoms with E-state index in [2.05, 4.69) is 0 Å². The highest BCUT2D eigenvalue weighted by atomic mass is 35.5. The standard InChI is InChI=1S/C14H14ClNO2/c15-12-3-6-14(16)11(7-12)9-18-13-4-1-10(8-17)2-5-13/h1-7,17H,8-9,16H2. The van der Waals surface area contributed by atoms with Crippen LogP contribution in [-0.4, -0.2) is 5.11 Å². The average molecular weight is 264 g/mol. The highest BCUT2D eigenvalue weighted by molar-refractivity contribution is 6.30. The molecule has 0 saturated carbocycles. The molecule has 0 heterocycles. The fraction of sp³-hybridized carbons (Fsp3) is 0.143. The zero-order chi connectivity index (χ0) is 13.0. The average Bonchev–Trinajstić information content (AvgIpc) is 2.40. The summed E-state index contributed by atoms with van der Waals surface area (Å²) in [5, 5.41) is 9.57. The van der Waals surface area contributed by atoms with Crippen LogP contribution in [0.5, 0.6) is 5.75 Å². The van der Waals surface area contributed by atoms with E-state index in [-0.39, 0.29) is 6.61 Å². The molecule has 4 heteroatoms. The van der Waals surface area contributed by atoms with E-state index in [0.29, 0.717) is 17.3 Å². The van der Waals surface area contributed by atoms with Gasteiger partial charge in [0.05, 0.1) is 6.61 Å². The number of halogens is 1. The summed E-state index contributed by atoms with van der Waals surface area (Å²) in [7, 11) is 0. The number of rotatable bonds is 4. The molecule has 94 valence electrons. The fourth-order valence-corrected chi connectivity index (χ4v) is 1.75. The molecular weight excluding hydrogens is 250 g/mol. The fourth-order valence-electron chi connectivity index (χ4n) is 1.55. The lowest BCUT2D eigenvalue weighted by molar-refractivity contribution is 0.281. The molecular formula is C14H14ClNO2. The van der Waals surface area contributed by atoms with Crippen molar-refractivity contribution in [2.75, 3.05) is 5.73 Å². The number of aliphatic hydroxyl groups excluding tert-OH is 1. The highest BCUT2D eigenvalue weighted by Crippen LogP contribution is 2.20. The second-order valence-corrected chi connectivity index (χ2v) is 4.37. The van der Waals surface area contributed by atoms with Gasteiger partial charge in [-0.1, -0.05) is 23.7 Å². The van der Waals surface area contributed by atoms with Crippen LogP contribution < -0.4 is 10.5 Å². The van der Waals surface area contributed by atoms with Gasteiger partial charge >= 0.3 is 0 Å². The van der Waals surface area contributed by atoms with E-state index >= 15 is 0 Å². The third-order valence-electron chi connectivity index (χ3n) is 2.61. The molecule has 0 bridgehead atoms. The minimum Gasteiger partial charge on any atom is -0.489 e. The van der Waals surface area contributed by atoms with Crippen molar-refractivity contribution in [2.24, 2.45) is 0 Å². The number of ether oxygens (including phenoxy) is 1. The first-order valence-electron chi connectivity index (χ1n) is 5.55. The van der Waals surface area contributed by atoms with Gasteiger partial charge in [-0.05, 0) is 35.9 Å². The van der Waals surface area contributed by atoms with Gasteiger partial charge < -0.3 is 15.6 Å². The number of nitrogen functional groups attached to an aromatic ring is 1. The molecule has 0 aliphatic rings. The van der Waals surface area contributed by atoms with Gasteiger partial charge in [0.15, 0.2) is 0 Å². The van der Waals surface area contributed by atoms with Gasteiger partial charge in [-0.15, -0.1) is 0 Å². The zero-order valence-corrected chi connectivity index (χ0v) is 10.5. The number of anilines is 1. The van der Waals surface area contributed by atoms with Gasteiger partial charge in [0.25, 0.3) is 0 Å². The Kier molecular flexibility index (Phi) is 4.07. The molecule has 3 nitrogen and oxygen atoms in total. The van der Waals surface area contributed by atoms with Crippen LogP contribution in [0.3, 0.4) is 0 Å². The molecule has 0 radical (unpaired) electrons. The van der Waals surface area contributed by atoms with Crippen molar-refractivity contribution in [3.63, 3.8) is 0 Å². The normalized spacial score (nSPS) is 10.3. The van der Waals surface area contributed by atoms with Crippen LogP contribution in [0.2, 0.25) is 5.02 Å². The maximum absolute atomic E-state index is 8.93. The quantitative estimate of drug-likeness (QED) is 0.834. The molecule has 2 rings (SSSR count). The number of nitrogens with two attached hydrogens (primary N) is 1. The van der Waals surface area contributed by atoms with Crippen LogP contribution in [0.15, 0.2) is 42.5 Å². The van der Waals surface area contributed by atoms with Crippen LogP contribution >= 0.6 is 11.6 Å². The molecule has 2 aromatic rings. The largest absolute Gasteiger partial charge is 0.489 e. The summed E-state index contributed by atoms with van der Waals surface area (Å²) >= 11 is 5.90. The lowest BCUT2D eigenvalue weighted by atomic mass is 10.2. The third kappa shape index (κ3) is 3.15. The van der Waals surface area contributed by atoms with E-state index in [9.17, 15) is 0 Å². The Morgan fingerprint density at radius 3 is 2.50 bits per heavy atom. The summed E-state index contributed by atoms with van der Waals surface area (Å²) in [5.74, 6) is 0.728. The molecule has 0 spiro atoms. The minimum absolute atomic E-state index is 0.0293. The van der Waals surface area contributed by atoms with Gasteiger partial charge in [0.2, 0.25) is 0 Å². The Bertz CT molecular complexity index is 526. The van der Waals surface area contributed by atoms with Gasteiger partial charge in [-0.2, -0.15) is 0 Å². The molecule has 0 amide bonds. The summed E-state index contributed by atoms with van der Waals surface area (Å²) < 4.78 is 5.61. The van der Waals surface area contributed by atoms with Crippen molar-refractivity contribution in [3.8, 4) is 5.75 Å². The number of benzene rings is 2. The molecule has 0 aromatic heterocycles. The summed E-state index contributed by atoms with van der Waals surface area (Å²) in [6, 6.07) is 12.6. The Morgan fingerprint density at radius 1 is 1.11 bits per heavy atom. The van der Waals surface area contributed by atoms with Crippen LogP contribution in [-0.2, 0) is 13.2 Å².